The highest BCUT2D eigenvalue weighted by Crippen LogP contribution is 2.17. The summed E-state index contributed by atoms with van der Waals surface area (Å²) in [5.41, 5.74) is 9.00. The highest BCUT2D eigenvalue weighted by atomic mass is 31.0. The van der Waals surface area contributed by atoms with Gasteiger partial charge in [0.2, 0.25) is 0 Å². The monoisotopic (exact) mass is 242 g/mol. The Hall–Kier alpha value is -0.660. The van der Waals surface area contributed by atoms with Gasteiger partial charge in [-0.25, -0.2) is 4.39 Å². The van der Waals surface area contributed by atoms with Crippen molar-refractivity contribution in [2.24, 2.45) is 0 Å². The van der Waals surface area contributed by atoms with Crippen molar-refractivity contribution in [2.45, 2.75) is 32.2 Å². The molecule has 0 amide bonds. The zero-order valence-corrected chi connectivity index (χ0v) is 11.0. The van der Waals surface area contributed by atoms with Crippen LogP contribution < -0.4 is 11.1 Å². The zero-order valence-electron chi connectivity index (χ0n) is 9.83. The highest BCUT2D eigenvalue weighted by Gasteiger charge is 2.08. The summed E-state index contributed by atoms with van der Waals surface area (Å²) in [5, 5.41) is 3.14. The predicted molar refractivity (Wildman–Crippen MR) is 71.4 cm³/mol. The Balaban J connectivity index is 2.56. The van der Waals surface area contributed by atoms with Crippen molar-refractivity contribution < 1.29 is 4.39 Å². The summed E-state index contributed by atoms with van der Waals surface area (Å²) in [6, 6.07) is 6.17. The van der Waals surface area contributed by atoms with Crippen LogP contribution in [0, 0.1) is 6.92 Å². The van der Waals surface area contributed by atoms with E-state index in [0.717, 1.165) is 17.7 Å². The van der Waals surface area contributed by atoms with Gasteiger partial charge in [-0.15, -0.1) is 0 Å². The lowest BCUT2D eigenvalue weighted by Crippen LogP contribution is -2.32. The maximum atomic E-state index is 12.6. The van der Waals surface area contributed by atoms with Gasteiger partial charge in [-0.05, 0) is 37.5 Å². The summed E-state index contributed by atoms with van der Waals surface area (Å²) in [6.07, 6.45) is 0.869. The minimum Gasteiger partial charge on any atom is -0.399 e. The minimum absolute atomic E-state index is 0.249. The van der Waals surface area contributed by atoms with Gasteiger partial charge in [0.05, 0.1) is 0 Å². The number of nitrogens with one attached hydrogen (secondary N) is 1. The third-order valence-corrected chi connectivity index (χ3v) is 2.91. The fraction of sp³-hybridized carbons (Fsp3) is 0.500. The first-order chi connectivity index (χ1) is 7.50. The van der Waals surface area contributed by atoms with E-state index < -0.39 is 5.91 Å². The minimum atomic E-state index is -0.885. The van der Waals surface area contributed by atoms with Crippen molar-refractivity contribution in [3.05, 3.63) is 29.3 Å². The molecule has 0 aromatic heterocycles. The highest BCUT2D eigenvalue weighted by molar-refractivity contribution is 7.17. The van der Waals surface area contributed by atoms with E-state index in [-0.39, 0.29) is 6.04 Å². The molecule has 3 atom stereocenters. The first kappa shape index (κ1) is 13.4. The van der Waals surface area contributed by atoms with Crippen LogP contribution in [0.2, 0.25) is 0 Å². The molecule has 0 spiro atoms. The number of halogens is 1. The molecule has 2 unspecified atom stereocenters. The van der Waals surface area contributed by atoms with Gasteiger partial charge in [0, 0.05) is 18.3 Å². The second kappa shape index (κ2) is 6.17. The van der Waals surface area contributed by atoms with Crippen LogP contribution in [-0.4, -0.2) is 18.5 Å². The number of hydrogen-bond donors (Lipinski definition) is 2. The van der Waals surface area contributed by atoms with E-state index in [0.29, 0.717) is 6.54 Å². The Morgan fingerprint density at radius 3 is 2.81 bits per heavy atom. The number of nitrogen functional groups attached to an aromatic ring is 1. The Labute approximate surface area is 99.0 Å². The second-order valence-electron chi connectivity index (χ2n) is 4.16. The number of alkyl halides is 1. The SMILES string of the molecule is Cc1c(N)cccc1C[C@@H](C)NCC(F)P. The van der Waals surface area contributed by atoms with Crippen molar-refractivity contribution in [3.8, 4) is 0 Å². The van der Waals surface area contributed by atoms with E-state index in [1.54, 1.807) is 0 Å². The average molecular weight is 242 g/mol. The molecular weight excluding hydrogens is 222 g/mol. The van der Waals surface area contributed by atoms with Gasteiger partial charge >= 0.3 is 0 Å². The average Bonchev–Trinajstić information content (AvgIpc) is 2.22. The molecule has 4 heteroatoms. The summed E-state index contributed by atoms with van der Waals surface area (Å²) in [4.78, 5) is 0. The van der Waals surface area contributed by atoms with E-state index in [1.165, 1.54) is 5.56 Å². The summed E-state index contributed by atoms with van der Waals surface area (Å²) in [5.74, 6) is -0.885. The number of benzene rings is 1. The molecule has 0 aliphatic rings. The Morgan fingerprint density at radius 1 is 1.50 bits per heavy atom. The van der Waals surface area contributed by atoms with Gasteiger partial charge < -0.3 is 11.1 Å². The van der Waals surface area contributed by atoms with E-state index >= 15 is 0 Å². The molecule has 0 saturated heterocycles. The van der Waals surface area contributed by atoms with Gasteiger partial charge in [-0.2, -0.15) is 0 Å². The number of anilines is 1. The molecule has 0 bridgehead atoms. The molecule has 0 saturated carbocycles. The van der Waals surface area contributed by atoms with E-state index in [2.05, 4.69) is 27.5 Å². The van der Waals surface area contributed by atoms with Crippen LogP contribution in [0.4, 0.5) is 10.1 Å². The molecule has 90 valence electrons. The molecular formula is C12H20FN2P. The molecule has 1 aromatic rings. The third kappa shape index (κ3) is 4.07. The Kier molecular flexibility index (Phi) is 5.17. The predicted octanol–water partition coefficient (Wildman–Crippen LogP) is 2.27. The van der Waals surface area contributed by atoms with Crippen LogP contribution in [0.15, 0.2) is 18.2 Å². The van der Waals surface area contributed by atoms with Crippen molar-refractivity contribution in [1.82, 2.24) is 5.32 Å². The van der Waals surface area contributed by atoms with Crippen LogP contribution in [0.1, 0.15) is 18.1 Å². The molecule has 1 aromatic carbocycles. The summed E-state index contributed by atoms with van der Waals surface area (Å²) in [7, 11) is 2.14. The molecule has 1 rings (SSSR count). The maximum Gasteiger partial charge on any atom is 0.125 e. The Bertz CT molecular complexity index is 342. The van der Waals surface area contributed by atoms with Crippen LogP contribution >= 0.6 is 9.24 Å². The van der Waals surface area contributed by atoms with Gasteiger partial charge in [0.1, 0.15) is 5.91 Å². The van der Waals surface area contributed by atoms with Crippen molar-refractivity contribution >= 4 is 14.9 Å². The summed E-state index contributed by atoms with van der Waals surface area (Å²) < 4.78 is 12.6. The number of hydrogen-bond acceptors (Lipinski definition) is 2. The largest absolute Gasteiger partial charge is 0.399 e. The van der Waals surface area contributed by atoms with Crippen LogP contribution in [0.25, 0.3) is 0 Å². The number of rotatable bonds is 5. The molecule has 0 heterocycles. The van der Waals surface area contributed by atoms with E-state index in [9.17, 15) is 4.39 Å². The molecule has 16 heavy (non-hydrogen) atoms. The second-order valence-corrected chi connectivity index (χ2v) is 4.88. The lowest BCUT2D eigenvalue weighted by molar-refractivity contribution is 0.404. The molecule has 0 aliphatic heterocycles. The molecule has 0 aliphatic carbocycles. The number of nitrogens with two attached hydrogens (primary N) is 1. The van der Waals surface area contributed by atoms with Gasteiger partial charge in [0.15, 0.2) is 0 Å². The van der Waals surface area contributed by atoms with Gasteiger partial charge in [-0.3, -0.25) is 0 Å². The molecule has 3 N–H and O–H groups in total. The first-order valence-corrected chi connectivity index (χ1v) is 6.14. The molecule has 0 fully saturated rings. The zero-order chi connectivity index (χ0) is 12.1. The normalized spacial score (nSPS) is 14.8. The van der Waals surface area contributed by atoms with Crippen LogP contribution in [-0.2, 0) is 6.42 Å². The van der Waals surface area contributed by atoms with Gasteiger partial charge in [0.25, 0.3) is 0 Å². The molecule has 0 radical (unpaired) electrons. The fourth-order valence-electron chi connectivity index (χ4n) is 1.64. The van der Waals surface area contributed by atoms with Crippen LogP contribution in [0.3, 0.4) is 0 Å². The quantitative estimate of drug-likeness (QED) is 0.614. The van der Waals surface area contributed by atoms with E-state index in [1.807, 2.05) is 19.1 Å². The first-order valence-electron chi connectivity index (χ1n) is 5.47. The summed E-state index contributed by atoms with van der Waals surface area (Å²) >= 11 is 0. The maximum absolute atomic E-state index is 12.6. The third-order valence-electron chi connectivity index (χ3n) is 2.68. The van der Waals surface area contributed by atoms with Crippen molar-refractivity contribution in [2.75, 3.05) is 12.3 Å². The smallest absolute Gasteiger partial charge is 0.125 e. The fourth-order valence-corrected chi connectivity index (χ4v) is 1.78. The topological polar surface area (TPSA) is 38.0 Å². The van der Waals surface area contributed by atoms with E-state index in [4.69, 9.17) is 5.73 Å². The van der Waals surface area contributed by atoms with Crippen molar-refractivity contribution in [3.63, 3.8) is 0 Å². The lowest BCUT2D eigenvalue weighted by Gasteiger charge is -2.16. The Morgan fingerprint density at radius 2 is 2.19 bits per heavy atom. The standard InChI is InChI=1S/C12H20FN2P/c1-8(15-7-12(13)16)6-10-4-3-5-11(14)9(10)2/h3-5,8,12,15H,6-7,14,16H2,1-2H3/t8-,12?/m1/s1. The summed E-state index contributed by atoms with van der Waals surface area (Å²) in [6.45, 7) is 4.44. The van der Waals surface area contributed by atoms with Gasteiger partial charge in [-0.1, -0.05) is 21.4 Å². The lowest BCUT2D eigenvalue weighted by atomic mass is 10.0. The molecule has 2 nitrogen and oxygen atoms in total. The van der Waals surface area contributed by atoms with Crippen LogP contribution in [0.5, 0.6) is 0 Å². The van der Waals surface area contributed by atoms with Crippen molar-refractivity contribution in [1.29, 1.82) is 0 Å².